The number of rotatable bonds is 7. The number of H-pyrrole nitrogens is 1. The summed E-state index contributed by atoms with van der Waals surface area (Å²) >= 11 is 0. The topological polar surface area (TPSA) is 56.8 Å². The number of imidazole rings is 1. The van der Waals surface area contributed by atoms with E-state index in [4.69, 9.17) is 9.97 Å². The van der Waals surface area contributed by atoms with Gasteiger partial charge in [-0.25, -0.2) is 4.98 Å². The van der Waals surface area contributed by atoms with Gasteiger partial charge in [0.2, 0.25) is 0 Å². The molecule has 0 aromatic carbocycles. The third kappa shape index (κ3) is 4.57. The van der Waals surface area contributed by atoms with Gasteiger partial charge in [0.1, 0.15) is 5.82 Å². The first-order chi connectivity index (χ1) is 14.3. The number of aromatic nitrogens is 3. The Morgan fingerprint density at radius 1 is 1.21 bits per heavy atom. The molecule has 1 saturated heterocycles. The minimum absolute atomic E-state index is 0.317. The summed E-state index contributed by atoms with van der Waals surface area (Å²) in [7, 11) is 0. The summed E-state index contributed by atoms with van der Waals surface area (Å²) in [6.07, 6.45) is 13.8. The zero-order valence-corrected chi connectivity index (χ0v) is 17.2. The van der Waals surface area contributed by atoms with Crippen LogP contribution in [0.5, 0.6) is 0 Å². The Kier molecular flexibility index (Phi) is 6.37. The van der Waals surface area contributed by atoms with Crippen LogP contribution in [0.2, 0.25) is 0 Å². The molecule has 5 nitrogen and oxygen atoms in total. The van der Waals surface area contributed by atoms with E-state index < -0.39 is 0 Å². The SMILES string of the molecule is C=Cc1nc(CN(C/C=C2/CCCNC2)C2CCCc3cccnc32)[nH]c1C=C. The van der Waals surface area contributed by atoms with Crippen molar-refractivity contribution < 1.29 is 0 Å². The lowest BCUT2D eigenvalue weighted by molar-refractivity contribution is 0.180. The Labute approximate surface area is 173 Å². The van der Waals surface area contributed by atoms with Crippen LogP contribution in [0.3, 0.4) is 0 Å². The van der Waals surface area contributed by atoms with Crippen molar-refractivity contribution in [2.45, 2.75) is 44.7 Å². The maximum atomic E-state index is 4.78. The molecule has 0 bridgehead atoms. The van der Waals surface area contributed by atoms with E-state index >= 15 is 0 Å². The Bertz CT molecular complexity index is 861. The van der Waals surface area contributed by atoms with E-state index in [0.29, 0.717) is 6.04 Å². The van der Waals surface area contributed by atoms with Gasteiger partial charge in [0.15, 0.2) is 0 Å². The maximum absolute atomic E-state index is 4.78. The molecular weight excluding hydrogens is 358 g/mol. The van der Waals surface area contributed by atoms with E-state index in [1.54, 1.807) is 6.08 Å². The lowest BCUT2D eigenvalue weighted by atomic mass is 9.90. The molecule has 1 unspecified atom stereocenters. The van der Waals surface area contributed by atoms with Crippen LogP contribution in [0.25, 0.3) is 12.2 Å². The standard InChI is InChI=1S/C24H31N5/c1-3-20-21(4-2)28-23(27-20)17-29(15-12-18-8-6-13-25-16-18)22-11-5-9-19-10-7-14-26-24(19)22/h3-4,7,10,12,14,22,25H,1-2,5-6,8-9,11,13,15-17H2,(H,27,28)/b18-12-. The quantitative estimate of drug-likeness (QED) is 0.694. The Morgan fingerprint density at radius 2 is 2.14 bits per heavy atom. The van der Waals surface area contributed by atoms with Crippen LogP contribution in [0, 0.1) is 0 Å². The Balaban J connectivity index is 1.61. The molecule has 2 N–H and O–H groups in total. The second kappa shape index (κ2) is 9.33. The van der Waals surface area contributed by atoms with Crippen molar-refractivity contribution >= 4 is 12.2 Å². The first kappa shape index (κ1) is 19.8. The van der Waals surface area contributed by atoms with Crippen molar-refractivity contribution in [3.8, 4) is 0 Å². The monoisotopic (exact) mass is 389 g/mol. The average molecular weight is 390 g/mol. The molecule has 3 heterocycles. The van der Waals surface area contributed by atoms with Crippen LogP contribution in [0.4, 0.5) is 0 Å². The lowest BCUT2D eigenvalue weighted by Crippen LogP contribution is -2.33. The van der Waals surface area contributed by atoms with Crippen molar-refractivity contribution in [1.82, 2.24) is 25.2 Å². The van der Waals surface area contributed by atoms with Crippen LogP contribution in [0.15, 0.2) is 43.1 Å². The molecule has 0 saturated carbocycles. The molecule has 0 amide bonds. The molecule has 1 fully saturated rings. The van der Waals surface area contributed by atoms with Gasteiger partial charge in [0, 0.05) is 19.3 Å². The minimum atomic E-state index is 0.317. The molecule has 5 heteroatoms. The fraction of sp³-hybridized carbons (Fsp3) is 0.417. The van der Waals surface area contributed by atoms with Crippen molar-refractivity contribution in [3.63, 3.8) is 0 Å². The third-order valence-electron chi connectivity index (χ3n) is 5.98. The van der Waals surface area contributed by atoms with Crippen molar-refractivity contribution in [2.24, 2.45) is 0 Å². The van der Waals surface area contributed by atoms with E-state index in [1.165, 1.54) is 36.1 Å². The molecular formula is C24H31N5. The summed E-state index contributed by atoms with van der Waals surface area (Å²) in [6, 6.07) is 4.60. The number of nitrogens with zero attached hydrogens (tertiary/aromatic N) is 3. The second-order valence-electron chi connectivity index (χ2n) is 7.92. The third-order valence-corrected chi connectivity index (χ3v) is 5.98. The molecule has 1 atom stereocenters. The predicted octanol–water partition coefficient (Wildman–Crippen LogP) is 4.28. The summed E-state index contributed by atoms with van der Waals surface area (Å²) in [6.45, 7) is 11.6. The Hall–Kier alpha value is -2.50. The summed E-state index contributed by atoms with van der Waals surface area (Å²) in [5.41, 5.74) is 5.94. The van der Waals surface area contributed by atoms with Gasteiger partial charge in [-0.15, -0.1) is 0 Å². The van der Waals surface area contributed by atoms with Gasteiger partial charge in [-0.1, -0.05) is 30.9 Å². The molecule has 4 rings (SSSR count). The number of aromatic amines is 1. The maximum Gasteiger partial charge on any atom is 0.121 e. The second-order valence-corrected chi connectivity index (χ2v) is 7.92. The van der Waals surface area contributed by atoms with Crippen LogP contribution < -0.4 is 5.32 Å². The highest BCUT2D eigenvalue weighted by Gasteiger charge is 2.27. The fourth-order valence-electron chi connectivity index (χ4n) is 4.47. The summed E-state index contributed by atoms with van der Waals surface area (Å²) in [5.74, 6) is 0.957. The van der Waals surface area contributed by atoms with E-state index in [2.05, 4.69) is 46.6 Å². The first-order valence-electron chi connectivity index (χ1n) is 10.7. The minimum Gasteiger partial charge on any atom is -0.341 e. The Morgan fingerprint density at radius 3 is 2.90 bits per heavy atom. The zero-order valence-electron chi connectivity index (χ0n) is 17.2. The van der Waals surface area contributed by atoms with Gasteiger partial charge in [-0.3, -0.25) is 9.88 Å². The van der Waals surface area contributed by atoms with Crippen LogP contribution in [0.1, 0.15) is 60.2 Å². The highest BCUT2D eigenvalue weighted by atomic mass is 15.2. The van der Waals surface area contributed by atoms with Gasteiger partial charge in [0.25, 0.3) is 0 Å². The first-order valence-corrected chi connectivity index (χ1v) is 10.7. The average Bonchev–Trinajstić information content (AvgIpc) is 3.19. The van der Waals surface area contributed by atoms with Crippen LogP contribution >= 0.6 is 0 Å². The predicted molar refractivity (Wildman–Crippen MR) is 119 cm³/mol. The number of hydrogen-bond acceptors (Lipinski definition) is 4. The summed E-state index contributed by atoms with van der Waals surface area (Å²) in [5, 5.41) is 3.49. The van der Waals surface area contributed by atoms with Gasteiger partial charge < -0.3 is 10.3 Å². The van der Waals surface area contributed by atoms with Gasteiger partial charge in [-0.2, -0.15) is 0 Å². The number of pyridine rings is 1. The number of aryl methyl sites for hydroxylation is 1. The molecule has 1 aliphatic carbocycles. The molecule has 2 aromatic rings. The zero-order chi connectivity index (χ0) is 20.1. The number of hydrogen-bond donors (Lipinski definition) is 2. The number of nitrogens with one attached hydrogen (secondary N) is 2. The van der Waals surface area contributed by atoms with Gasteiger partial charge >= 0.3 is 0 Å². The van der Waals surface area contributed by atoms with Gasteiger partial charge in [-0.05, 0) is 62.4 Å². The molecule has 0 spiro atoms. The van der Waals surface area contributed by atoms with Gasteiger partial charge in [0.05, 0.1) is 29.7 Å². The molecule has 29 heavy (non-hydrogen) atoms. The highest BCUT2D eigenvalue weighted by molar-refractivity contribution is 5.57. The van der Waals surface area contributed by atoms with Crippen molar-refractivity contribution in [3.05, 3.63) is 71.6 Å². The molecule has 152 valence electrons. The lowest BCUT2D eigenvalue weighted by Gasteiger charge is -2.34. The normalized spacial score (nSPS) is 20.6. The van der Waals surface area contributed by atoms with E-state index in [9.17, 15) is 0 Å². The fourth-order valence-corrected chi connectivity index (χ4v) is 4.47. The van der Waals surface area contributed by atoms with Crippen LogP contribution in [-0.4, -0.2) is 39.5 Å². The van der Waals surface area contributed by atoms with Crippen LogP contribution in [-0.2, 0) is 13.0 Å². The molecule has 2 aliphatic rings. The largest absolute Gasteiger partial charge is 0.341 e. The summed E-state index contributed by atoms with van der Waals surface area (Å²) < 4.78 is 0. The van der Waals surface area contributed by atoms with E-state index in [0.717, 1.165) is 56.2 Å². The highest BCUT2D eigenvalue weighted by Crippen LogP contribution is 2.33. The molecule has 2 aromatic heterocycles. The molecule has 1 aliphatic heterocycles. The smallest absolute Gasteiger partial charge is 0.121 e. The molecule has 0 radical (unpaired) electrons. The van der Waals surface area contributed by atoms with Crippen molar-refractivity contribution in [1.29, 1.82) is 0 Å². The number of piperidine rings is 1. The van der Waals surface area contributed by atoms with Crippen molar-refractivity contribution in [2.75, 3.05) is 19.6 Å². The van der Waals surface area contributed by atoms with E-state index in [-0.39, 0.29) is 0 Å². The summed E-state index contributed by atoms with van der Waals surface area (Å²) in [4.78, 5) is 15.5. The van der Waals surface area contributed by atoms with E-state index in [1.807, 2.05) is 12.3 Å². The number of fused-ring (bicyclic) bond motifs is 1.